The van der Waals surface area contributed by atoms with Crippen molar-refractivity contribution in [2.24, 2.45) is 0 Å². The van der Waals surface area contributed by atoms with Gasteiger partial charge in [0.25, 0.3) is 0 Å². The molecule has 0 fully saturated rings. The van der Waals surface area contributed by atoms with Crippen molar-refractivity contribution in [3.63, 3.8) is 0 Å². The molecule has 5 heteroatoms. The number of esters is 1. The number of likely N-dealkylation sites (N-methyl/N-ethyl adjacent to an activating group) is 1. The molecule has 0 spiro atoms. The van der Waals surface area contributed by atoms with Crippen LogP contribution >= 0.6 is 11.6 Å². The summed E-state index contributed by atoms with van der Waals surface area (Å²) in [4.78, 5) is 22.7. The summed E-state index contributed by atoms with van der Waals surface area (Å²) in [5.41, 5.74) is 0. The van der Waals surface area contributed by atoms with Gasteiger partial charge in [-0.1, -0.05) is 0 Å². The van der Waals surface area contributed by atoms with Crippen molar-refractivity contribution >= 4 is 22.9 Å². The highest BCUT2D eigenvalue weighted by Gasteiger charge is 2.21. The Bertz CT molecular complexity index is 183. The van der Waals surface area contributed by atoms with Crippen LogP contribution in [0.25, 0.3) is 0 Å². The van der Waals surface area contributed by atoms with Crippen LogP contribution in [0.2, 0.25) is 0 Å². The molecule has 0 N–H and O–H groups in total. The molecule has 0 radical (unpaired) electrons. The summed E-state index contributed by atoms with van der Waals surface area (Å²) in [5.74, 6) is -0.450. The molecule has 1 amide bonds. The number of halogens is 1. The van der Waals surface area contributed by atoms with Gasteiger partial charge < -0.3 is 9.64 Å². The standard InChI is InChI=1S/C7H12ClNO3/c1-4-12-6(10)5(2)9(3)7(8)11/h5H,4H2,1-3H3/t5-/m0/s1. The fraction of sp³-hybridized carbons (Fsp3) is 0.714. The van der Waals surface area contributed by atoms with Gasteiger partial charge in [0.1, 0.15) is 6.04 Å². The van der Waals surface area contributed by atoms with Gasteiger partial charge in [-0.25, -0.2) is 4.79 Å². The Morgan fingerprint density at radius 3 is 2.42 bits per heavy atom. The quantitative estimate of drug-likeness (QED) is 0.385. The SMILES string of the molecule is CCOC(=O)[C@H](C)N(C)C(=O)Cl. The first-order valence-corrected chi connectivity index (χ1v) is 3.97. The summed E-state index contributed by atoms with van der Waals surface area (Å²) < 4.78 is 4.68. The molecule has 0 aliphatic heterocycles. The smallest absolute Gasteiger partial charge is 0.328 e. The summed E-state index contributed by atoms with van der Waals surface area (Å²) in [6.07, 6.45) is 0. The number of carbonyl (C=O) groups is 2. The first kappa shape index (κ1) is 11.2. The van der Waals surface area contributed by atoms with E-state index in [2.05, 4.69) is 4.74 Å². The fourth-order valence-corrected chi connectivity index (χ4v) is 0.720. The molecule has 0 aromatic rings. The summed E-state index contributed by atoms with van der Waals surface area (Å²) in [5, 5.41) is -0.671. The summed E-state index contributed by atoms with van der Waals surface area (Å²) in [6.45, 7) is 3.55. The third-order valence-electron chi connectivity index (χ3n) is 1.49. The van der Waals surface area contributed by atoms with E-state index in [-0.39, 0.29) is 0 Å². The number of rotatable bonds is 3. The van der Waals surface area contributed by atoms with Crippen LogP contribution in [-0.4, -0.2) is 35.9 Å². The van der Waals surface area contributed by atoms with E-state index < -0.39 is 17.4 Å². The van der Waals surface area contributed by atoms with Gasteiger partial charge in [0.15, 0.2) is 0 Å². The molecule has 0 saturated heterocycles. The Balaban J connectivity index is 4.09. The zero-order valence-corrected chi connectivity index (χ0v) is 8.09. The van der Waals surface area contributed by atoms with Crippen molar-refractivity contribution in [3.05, 3.63) is 0 Å². The zero-order valence-electron chi connectivity index (χ0n) is 7.33. The predicted octanol–water partition coefficient (Wildman–Crippen LogP) is 1.23. The molecule has 12 heavy (non-hydrogen) atoms. The van der Waals surface area contributed by atoms with Crippen LogP contribution in [0.3, 0.4) is 0 Å². The van der Waals surface area contributed by atoms with Crippen LogP contribution < -0.4 is 0 Å². The molecule has 0 aromatic carbocycles. The number of ether oxygens (including phenoxy) is 1. The molecule has 4 nitrogen and oxygen atoms in total. The van der Waals surface area contributed by atoms with Crippen LogP contribution in [0.5, 0.6) is 0 Å². The molecule has 0 heterocycles. The number of hydrogen-bond donors (Lipinski definition) is 0. The molecule has 0 bridgehead atoms. The third kappa shape index (κ3) is 3.09. The molecule has 0 aliphatic rings. The van der Waals surface area contributed by atoms with Gasteiger partial charge in [-0.15, -0.1) is 0 Å². The van der Waals surface area contributed by atoms with E-state index in [1.807, 2.05) is 0 Å². The number of hydrogen-bond acceptors (Lipinski definition) is 3. The Kier molecular flexibility index (Phi) is 4.66. The Labute approximate surface area is 76.4 Å². The minimum atomic E-state index is -0.671. The van der Waals surface area contributed by atoms with Crippen LogP contribution in [0.4, 0.5) is 4.79 Å². The molecule has 0 rings (SSSR count). The summed E-state index contributed by atoms with van der Waals surface area (Å²) >= 11 is 5.15. The van der Waals surface area contributed by atoms with Gasteiger partial charge in [-0.3, -0.25) is 4.79 Å². The summed E-state index contributed by atoms with van der Waals surface area (Å²) in [6, 6.07) is -0.630. The van der Waals surface area contributed by atoms with Gasteiger partial charge in [0.2, 0.25) is 0 Å². The van der Waals surface area contributed by atoms with E-state index in [4.69, 9.17) is 11.6 Å². The molecular weight excluding hydrogens is 182 g/mol. The second kappa shape index (κ2) is 4.98. The topological polar surface area (TPSA) is 46.6 Å². The van der Waals surface area contributed by atoms with Crippen LogP contribution in [-0.2, 0) is 9.53 Å². The minimum absolute atomic E-state index is 0.299. The highest BCUT2D eigenvalue weighted by atomic mass is 35.5. The molecule has 0 aromatic heterocycles. The van der Waals surface area contributed by atoms with Gasteiger partial charge in [-0.05, 0) is 25.4 Å². The average Bonchev–Trinajstić information content (AvgIpc) is 2.02. The second-order valence-corrected chi connectivity index (χ2v) is 2.62. The predicted molar refractivity (Wildman–Crippen MR) is 45.1 cm³/mol. The zero-order chi connectivity index (χ0) is 9.72. The van der Waals surface area contributed by atoms with Crippen molar-refractivity contribution in [2.75, 3.05) is 13.7 Å². The fourth-order valence-electron chi connectivity index (χ4n) is 0.573. The molecule has 0 unspecified atom stereocenters. The Morgan fingerprint density at radius 2 is 2.08 bits per heavy atom. The van der Waals surface area contributed by atoms with E-state index >= 15 is 0 Å². The van der Waals surface area contributed by atoms with Gasteiger partial charge >= 0.3 is 11.3 Å². The summed E-state index contributed by atoms with van der Waals surface area (Å²) in [7, 11) is 1.44. The Morgan fingerprint density at radius 1 is 1.58 bits per heavy atom. The largest absolute Gasteiger partial charge is 0.464 e. The number of amides is 1. The van der Waals surface area contributed by atoms with Crippen molar-refractivity contribution in [2.45, 2.75) is 19.9 Å². The lowest BCUT2D eigenvalue weighted by Gasteiger charge is -2.19. The van der Waals surface area contributed by atoms with Crippen LogP contribution in [0.1, 0.15) is 13.8 Å². The van der Waals surface area contributed by atoms with E-state index in [1.165, 1.54) is 7.05 Å². The Hall–Kier alpha value is -0.770. The van der Waals surface area contributed by atoms with E-state index in [0.717, 1.165) is 4.90 Å². The van der Waals surface area contributed by atoms with E-state index in [9.17, 15) is 9.59 Å². The third-order valence-corrected chi connectivity index (χ3v) is 1.75. The minimum Gasteiger partial charge on any atom is -0.464 e. The maximum Gasteiger partial charge on any atom is 0.328 e. The van der Waals surface area contributed by atoms with Crippen LogP contribution in [0.15, 0.2) is 0 Å². The van der Waals surface area contributed by atoms with E-state index in [0.29, 0.717) is 6.61 Å². The maximum atomic E-state index is 11.0. The molecule has 1 atom stereocenters. The van der Waals surface area contributed by atoms with Gasteiger partial charge in [-0.2, -0.15) is 0 Å². The lowest BCUT2D eigenvalue weighted by molar-refractivity contribution is -0.147. The van der Waals surface area contributed by atoms with Crippen molar-refractivity contribution in [3.8, 4) is 0 Å². The highest BCUT2D eigenvalue weighted by Crippen LogP contribution is 2.02. The van der Waals surface area contributed by atoms with Crippen molar-refractivity contribution in [1.82, 2.24) is 4.90 Å². The van der Waals surface area contributed by atoms with Gasteiger partial charge in [0, 0.05) is 7.05 Å². The van der Waals surface area contributed by atoms with E-state index in [1.54, 1.807) is 13.8 Å². The average molecular weight is 194 g/mol. The van der Waals surface area contributed by atoms with Gasteiger partial charge in [0.05, 0.1) is 6.61 Å². The molecule has 70 valence electrons. The molecule has 0 aliphatic carbocycles. The normalized spacial score (nSPS) is 12.0. The molecule has 0 saturated carbocycles. The van der Waals surface area contributed by atoms with Crippen LogP contribution in [0, 0.1) is 0 Å². The first-order valence-electron chi connectivity index (χ1n) is 3.59. The number of carbonyl (C=O) groups excluding carboxylic acids is 2. The second-order valence-electron chi connectivity index (χ2n) is 2.29. The van der Waals surface area contributed by atoms with Crippen molar-refractivity contribution < 1.29 is 14.3 Å². The lowest BCUT2D eigenvalue weighted by atomic mass is 10.3. The maximum absolute atomic E-state index is 11.0. The first-order chi connectivity index (χ1) is 5.50. The molecular formula is C7H12ClNO3. The van der Waals surface area contributed by atoms with Crippen molar-refractivity contribution in [1.29, 1.82) is 0 Å². The monoisotopic (exact) mass is 193 g/mol. The highest BCUT2D eigenvalue weighted by molar-refractivity contribution is 6.62. The number of nitrogens with zero attached hydrogens (tertiary/aromatic N) is 1. The lowest BCUT2D eigenvalue weighted by Crippen LogP contribution is -2.38.